The van der Waals surface area contributed by atoms with Crippen LogP contribution in [-0.4, -0.2) is 22.4 Å². The average molecular weight is 374 g/mol. The maximum atomic E-state index is 10.7. The fraction of sp³-hybridized carbons (Fsp3) is 0.125. The van der Waals surface area contributed by atoms with E-state index in [2.05, 4.69) is 16.7 Å². The van der Waals surface area contributed by atoms with Gasteiger partial charge in [0.05, 0.1) is 29.4 Å². The fourth-order valence-corrected chi connectivity index (χ4v) is 3.57. The van der Waals surface area contributed by atoms with Crippen molar-refractivity contribution in [2.45, 2.75) is 6.92 Å². The summed E-state index contributed by atoms with van der Waals surface area (Å²) in [6, 6.07) is 6.77. The molecule has 7 nitrogen and oxygen atoms in total. The first-order valence-electron chi connectivity index (χ1n) is 7.22. The summed E-state index contributed by atoms with van der Waals surface area (Å²) < 4.78 is 6.81. The molecule has 0 unspecified atom stereocenters. The van der Waals surface area contributed by atoms with Crippen molar-refractivity contribution < 1.29 is 9.34 Å². The zero-order valence-electron chi connectivity index (χ0n) is 13.3. The van der Waals surface area contributed by atoms with Gasteiger partial charge in [-0.1, -0.05) is 18.2 Å². The summed E-state index contributed by atoms with van der Waals surface area (Å²) in [6.45, 7) is 6.27. The zero-order chi connectivity index (χ0) is 17.8. The maximum absolute atomic E-state index is 10.7. The van der Waals surface area contributed by atoms with Crippen LogP contribution in [0.25, 0.3) is 10.6 Å². The van der Waals surface area contributed by atoms with E-state index in [1.54, 1.807) is 16.0 Å². The quantitative estimate of drug-likeness (QED) is 0.281. The van der Waals surface area contributed by atoms with Crippen LogP contribution in [0, 0.1) is 10.1 Å². The van der Waals surface area contributed by atoms with Crippen LogP contribution in [0.1, 0.15) is 12.7 Å². The van der Waals surface area contributed by atoms with E-state index in [9.17, 15) is 10.1 Å². The number of nitrogens with zero attached hydrogens (tertiary/aromatic N) is 4. The number of nitro groups is 1. The molecular formula is C16H14N4O3S2. The van der Waals surface area contributed by atoms with Gasteiger partial charge in [-0.25, -0.2) is 4.68 Å². The minimum Gasteiger partial charge on any atom is -0.400 e. The van der Waals surface area contributed by atoms with Crippen LogP contribution in [0.4, 0.5) is 5.88 Å². The van der Waals surface area contributed by atoms with E-state index in [1.165, 1.54) is 29.7 Å². The van der Waals surface area contributed by atoms with Crippen molar-refractivity contribution >= 4 is 34.8 Å². The van der Waals surface area contributed by atoms with Gasteiger partial charge in [0.15, 0.2) is 5.76 Å². The van der Waals surface area contributed by atoms with E-state index in [-0.39, 0.29) is 5.88 Å². The molecule has 0 aliphatic rings. The van der Waals surface area contributed by atoms with E-state index < -0.39 is 4.92 Å². The van der Waals surface area contributed by atoms with Crippen LogP contribution in [0.15, 0.2) is 61.7 Å². The summed E-state index contributed by atoms with van der Waals surface area (Å²) in [4.78, 5) is 16.4. The third kappa shape index (κ3) is 4.01. The second-order valence-electron chi connectivity index (χ2n) is 5.14. The lowest BCUT2D eigenvalue weighted by molar-refractivity contribution is -0.402. The Morgan fingerprint density at radius 1 is 1.44 bits per heavy atom. The lowest BCUT2D eigenvalue weighted by Crippen LogP contribution is -2.12. The molecule has 0 spiro atoms. The van der Waals surface area contributed by atoms with Crippen LogP contribution in [-0.2, 0) is 0 Å². The van der Waals surface area contributed by atoms with Crippen LogP contribution in [0.2, 0.25) is 0 Å². The van der Waals surface area contributed by atoms with Gasteiger partial charge in [0.25, 0.3) is 0 Å². The van der Waals surface area contributed by atoms with E-state index >= 15 is 0 Å². The number of furan rings is 1. The third-order valence-electron chi connectivity index (χ3n) is 3.04. The molecule has 3 aromatic rings. The third-order valence-corrected chi connectivity index (χ3v) is 4.78. The first-order valence-corrected chi connectivity index (χ1v) is 8.98. The van der Waals surface area contributed by atoms with Gasteiger partial charge in [-0.3, -0.25) is 15.1 Å². The van der Waals surface area contributed by atoms with Gasteiger partial charge in [-0.2, -0.15) is 5.10 Å². The van der Waals surface area contributed by atoms with Crippen molar-refractivity contribution in [3.63, 3.8) is 0 Å². The highest BCUT2D eigenvalue weighted by Gasteiger charge is 2.11. The summed E-state index contributed by atoms with van der Waals surface area (Å²) in [5.74, 6) is -0.0178. The lowest BCUT2D eigenvalue weighted by Gasteiger charge is -2.00. The highest BCUT2D eigenvalue weighted by atomic mass is 32.1. The van der Waals surface area contributed by atoms with Crippen LogP contribution in [0.3, 0.4) is 0 Å². The van der Waals surface area contributed by atoms with Crippen LogP contribution >= 0.6 is 22.7 Å². The van der Waals surface area contributed by atoms with Gasteiger partial charge < -0.3 is 4.42 Å². The molecule has 3 heterocycles. The van der Waals surface area contributed by atoms with Gasteiger partial charge in [-0.05, 0) is 24.4 Å². The minimum absolute atomic E-state index is 0.299. The molecule has 0 aromatic carbocycles. The Balaban J connectivity index is 2.01. The number of hydrogen-bond acceptors (Lipinski definition) is 7. The van der Waals surface area contributed by atoms with Crippen molar-refractivity contribution in [3.05, 3.63) is 67.9 Å². The Morgan fingerprint density at radius 3 is 2.92 bits per heavy atom. The molecule has 25 heavy (non-hydrogen) atoms. The Bertz CT molecular complexity index is 993. The number of hydrogen-bond donors (Lipinski definition) is 0. The summed E-state index contributed by atoms with van der Waals surface area (Å²) >= 11 is 3.07. The molecule has 0 atom stereocenters. The first-order chi connectivity index (χ1) is 12.0. The number of thiophene rings is 1. The second kappa shape index (κ2) is 7.41. The smallest absolute Gasteiger partial charge is 0.400 e. The van der Waals surface area contributed by atoms with Gasteiger partial charge >= 0.3 is 5.88 Å². The number of rotatable bonds is 6. The molecule has 0 aliphatic heterocycles. The van der Waals surface area contributed by atoms with E-state index in [0.717, 1.165) is 16.1 Å². The largest absolute Gasteiger partial charge is 0.433 e. The Hall–Kier alpha value is -2.78. The maximum Gasteiger partial charge on any atom is 0.433 e. The molecule has 0 N–H and O–H groups in total. The molecule has 0 aliphatic carbocycles. The lowest BCUT2D eigenvalue weighted by atomic mass is 10.4. The topological polar surface area (TPSA) is 85.9 Å². The van der Waals surface area contributed by atoms with Crippen molar-refractivity contribution in [2.24, 2.45) is 10.1 Å². The van der Waals surface area contributed by atoms with Crippen LogP contribution in [0.5, 0.6) is 0 Å². The van der Waals surface area contributed by atoms with Crippen molar-refractivity contribution in [2.75, 3.05) is 6.54 Å². The van der Waals surface area contributed by atoms with Gasteiger partial charge in [0.2, 0.25) is 4.80 Å². The normalized spacial score (nSPS) is 12.1. The summed E-state index contributed by atoms with van der Waals surface area (Å²) in [6.07, 6.45) is 1.44. The summed E-state index contributed by atoms with van der Waals surface area (Å²) in [5, 5.41) is 19.1. The highest BCUT2D eigenvalue weighted by Crippen LogP contribution is 2.25. The van der Waals surface area contributed by atoms with Gasteiger partial charge in [0.1, 0.15) is 4.92 Å². The van der Waals surface area contributed by atoms with Crippen molar-refractivity contribution in [1.29, 1.82) is 0 Å². The molecule has 3 rings (SSSR count). The molecule has 3 aromatic heterocycles. The Morgan fingerprint density at radius 2 is 2.28 bits per heavy atom. The molecule has 0 bridgehead atoms. The summed E-state index contributed by atoms with van der Waals surface area (Å²) in [7, 11) is 0. The molecular weight excluding hydrogens is 360 g/mol. The fourth-order valence-electron chi connectivity index (χ4n) is 1.94. The second-order valence-corrected chi connectivity index (χ2v) is 6.93. The highest BCUT2D eigenvalue weighted by molar-refractivity contribution is 7.14. The van der Waals surface area contributed by atoms with Crippen molar-refractivity contribution in [3.8, 4) is 10.6 Å². The van der Waals surface area contributed by atoms with E-state index in [4.69, 9.17) is 4.42 Å². The number of aromatic nitrogens is 1. The molecule has 128 valence electrons. The molecule has 0 saturated carbocycles. The Kier molecular flexibility index (Phi) is 5.05. The average Bonchev–Trinajstić information content (AvgIpc) is 3.30. The first kappa shape index (κ1) is 17.1. The molecule has 0 saturated heterocycles. The van der Waals surface area contributed by atoms with Gasteiger partial charge in [0, 0.05) is 5.38 Å². The van der Waals surface area contributed by atoms with Crippen LogP contribution < -0.4 is 4.80 Å². The standard InChI is InChI=1S/C16H14N4O3S2/c1-11(2)8-17-16-19(13(10-25-16)14-4-3-7-24-14)18-9-12-5-6-15(23-12)20(21)22/h3-7,9-10H,1,8H2,2H3. The molecule has 0 radical (unpaired) electrons. The number of thiazole rings is 1. The van der Waals surface area contributed by atoms with E-state index in [0.29, 0.717) is 17.1 Å². The predicted octanol–water partition coefficient (Wildman–Crippen LogP) is 4.14. The van der Waals surface area contributed by atoms with E-state index in [1.807, 2.05) is 29.8 Å². The van der Waals surface area contributed by atoms with Gasteiger partial charge in [-0.15, -0.1) is 22.7 Å². The molecule has 0 amide bonds. The molecule has 9 heteroatoms. The summed E-state index contributed by atoms with van der Waals surface area (Å²) in [5.41, 5.74) is 1.85. The zero-order valence-corrected chi connectivity index (χ0v) is 14.9. The molecule has 0 fully saturated rings. The predicted molar refractivity (Wildman–Crippen MR) is 99.2 cm³/mol. The SMILES string of the molecule is C=C(C)CN=c1scc(-c2cccs2)n1N=Cc1ccc([N+](=O)[O-])o1. The minimum atomic E-state index is -0.584. The van der Waals surface area contributed by atoms with Crippen molar-refractivity contribution in [1.82, 2.24) is 4.68 Å². The Labute approximate surface area is 151 Å². The monoisotopic (exact) mass is 374 g/mol.